The maximum Gasteiger partial charge on any atom is 0.243 e. The van der Waals surface area contributed by atoms with Crippen molar-refractivity contribution in [2.75, 3.05) is 18.4 Å². The highest BCUT2D eigenvalue weighted by molar-refractivity contribution is 7.89. The lowest BCUT2D eigenvalue weighted by atomic mass is 9.97. The number of para-hydroxylation sites is 2. The Hall–Kier alpha value is -2.75. The molecule has 2 aromatic carbocycles. The number of piperidine rings is 1. The summed E-state index contributed by atoms with van der Waals surface area (Å²) in [5.41, 5.74) is 1.45. The Kier molecular flexibility index (Phi) is 6.08. The molecule has 1 aliphatic heterocycles. The Morgan fingerprint density at radius 2 is 1.90 bits per heavy atom. The molecule has 31 heavy (non-hydrogen) atoms. The number of sulfonamides is 1. The molecule has 1 fully saturated rings. The highest BCUT2D eigenvalue weighted by atomic mass is 35.5. The predicted octanol–water partition coefficient (Wildman–Crippen LogP) is 3.70. The van der Waals surface area contributed by atoms with Crippen LogP contribution in [0.25, 0.3) is 5.69 Å². The standard InChI is InChI=1S/C21H20ClFN4O3S/c22-17-13-16(5-6-18(17)23)31(29,30)27-10-7-15(8-11-27)21(28)25-19-3-1-2-4-20(19)26-12-9-24-14-26/h1-6,9,12-15H,7-8,10-11H2,(H,25,28). The normalized spacial score (nSPS) is 15.7. The monoisotopic (exact) mass is 462 g/mol. The number of halogens is 2. The second kappa shape index (κ2) is 8.78. The zero-order valence-electron chi connectivity index (χ0n) is 16.4. The van der Waals surface area contributed by atoms with Crippen LogP contribution < -0.4 is 5.32 Å². The molecule has 1 aromatic heterocycles. The van der Waals surface area contributed by atoms with E-state index in [4.69, 9.17) is 11.6 Å². The maximum atomic E-state index is 13.4. The first-order chi connectivity index (χ1) is 14.9. The number of amides is 1. The molecule has 1 aliphatic rings. The quantitative estimate of drug-likeness (QED) is 0.626. The first-order valence-corrected chi connectivity index (χ1v) is 11.5. The van der Waals surface area contributed by atoms with Crippen LogP contribution in [0.3, 0.4) is 0 Å². The molecule has 1 saturated heterocycles. The number of benzene rings is 2. The number of nitrogens with one attached hydrogen (secondary N) is 1. The van der Waals surface area contributed by atoms with Crippen LogP contribution in [0.2, 0.25) is 5.02 Å². The van der Waals surface area contributed by atoms with Gasteiger partial charge in [0.05, 0.1) is 27.6 Å². The third kappa shape index (κ3) is 4.48. The van der Waals surface area contributed by atoms with Crippen molar-refractivity contribution >= 4 is 33.2 Å². The highest BCUT2D eigenvalue weighted by Gasteiger charge is 2.32. The summed E-state index contributed by atoms with van der Waals surface area (Å²) in [6.45, 7) is 0.386. The largest absolute Gasteiger partial charge is 0.324 e. The highest BCUT2D eigenvalue weighted by Crippen LogP contribution is 2.28. The molecule has 3 aromatic rings. The van der Waals surface area contributed by atoms with Crippen molar-refractivity contribution in [1.29, 1.82) is 0 Å². The van der Waals surface area contributed by atoms with Crippen LogP contribution in [-0.2, 0) is 14.8 Å². The Morgan fingerprint density at radius 3 is 2.58 bits per heavy atom. The number of carbonyl (C=O) groups excluding carboxylic acids is 1. The fourth-order valence-corrected chi connectivity index (χ4v) is 5.33. The van der Waals surface area contributed by atoms with Gasteiger partial charge in [-0.25, -0.2) is 17.8 Å². The van der Waals surface area contributed by atoms with Crippen LogP contribution in [-0.4, -0.2) is 41.3 Å². The molecule has 0 spiro atoms. The molecule has 162 valence electrons. The lowest BCUT2D eigenvalue weighted by Gasteiger charge is -2.30. The van der Waals surface area contributed by atoms with Gasteiger partial charge in [-0.2, -0.15) is 4.31 Å². The van der Waals surface area contributed by atoms with Crippen LogP contribution in [0.15, 0.2) is 66.1 Å². The third-order valence-electron chi connectivity index (χ3n) is 5.30. The number of aromatic nitrogens is 2. The summed E-state index contributed by atoms with van der Waals surface area (Å²) < 4.78 is 42.1. The second-order valence-electron chi connectivity index (χ2n) is 7.23. The minimum Gasteiger partial charge on any atom is -0.324 e. The number of hydrogen-bond donors (Lipinski definition) is 1. The summed E-state index contributed by atoms with van der Waals surface area (Å²) in [7, 11) is -3.81. The molecule has 4 rings (SSSR count). The molecule has 0 aliphatic carbocycles. The second-order valence-corrected chi connectivity index (χ2v) is 9.58. The molecule has 0 radical (unpaired) electrons. The van der Waals surface area contributed by atoms with E-state index >= 15 is 0 Å². The number of nitrogens with zero attached hydrogens (tertiary/aromatic N) is 3. The van der Waals surface area contributed by atoms with E-state index in [9.17, 15) is 17.6 Å². The summed E-state index contributed by atoms with van der Waals surface area (Å²) in [4.78, 5) is 16.8. The first kappa shape index (κ1) is 21.5. The molecule has 0 atom stereocenters. The fourth-order valence-electron chi connectivity index (χ4n) is 3.59. The molecule has 1 N–H and O–H groups in total. The van der Waals surface area contributed by atoms with Gasteiger partial charge in [0.1, 0.15) is 5.82 Å². The number of rotatable bonds is 5. The lowest BCUT2D eigenvalue weighted by Crippen LogP contribution is -2.41. The summed E-state index contributed by atoms with van der Waals surface area (Å²) >= 11 is 5.73. The average molecular weight is 463 g/mol. The van der Waals surface area contributed by atoms with Gasteiger partial charge in [0.15, 0.2) is 0 Å². The topological polar surface area (TPSA) is 84.3 Å². The van der Waals surface area contributed by atoms with Crippen molar-refractivity contribution in [1.82, 2.24) is 13.9 Å². The van der Waals surface area contributed by atoms with E-state index in [0.29, 0.717) is 18.5 Å². The minimum atomic E-state index is -3.81. The molecule has 10 heteroatoms. The van der Waals surface area contributed by atoms with Crippen LogP contribution in [0, 0.1) is 11.7 Å². The lowest BCUT2D eigenvalue weighted by molar-refractivity contribution is -0.120. The van der Waals surface area contributed by atoms with Crippen LogP contribution in [0.1, 0.15) is 12.8 Å². The molecular weight excluding hydrogens is 443 g/mol. The van der Waals surface area contributed by atoms with Crippen LogP contribution >= 0.6 is 11.6 Å². The molecule has 7 nitrogen and oxygen atoms in total. The van der Waals surface area contributed by atoms with Crippen molar-refractivity contribution in [3.05, 3.63) is 72.0 Å². The van der Waals surface area contributed by atoms with E-state index in [-0.39, 0.29) is 34.8 Å². The number of carbonyl (C=O) groups is 1. The van der Waals surface area contributed by atoms with E-state index in [1.165, 1.54) is 10.4 Å². The summed E-state index contributed by atoms with van der Waals surface area (Å²) in [5.74, 6) is -1.15. The van der Waals surface area contributed by atoms with Gasteiger partial charge in [-0.15, -0.1) is 0 Å². The number of imidazole rings is 1. The van der Waals surface area contributed by atoms with Gasteiger partial charge in [-0.3, -0.25) is 4.79 Å². The predicted molar refractivity (Wildman–Crippen MR) is 115 cm³/mol. The van der Waals surface area contributed by atoms with Crippen molar-refractivity contribution < 1.29 is 17.6 Å². The van der Waals surface area contributed by atoms with Gasteiger partial charge in [-0.1, -0.05) is 23.7 Å². The summed E-state index contributed by atoms with van der Waals surface area (Å²) in [6, 6.07) is 10.7. The van der Waals surface area contributed by atoms with Crippen LogP contribution in [0.4, 0.5) is 10.1 Å². The third-order valence-corrected chi connectivity index (χ3v) is 7.48. The van der Waals surface area contributed by atoms with E-state index in [2.05, 4.69) is 10.3 Å². The van der Waals surface area contributed by atoms with Crippen molar-refractivity contribution in [3.8, 4) is 5.69 Å². The first-order valence-electron chi connectivity index (χ1n) is 9.69. The zero-order valence-corrected chi connectivity index (χ0v) is 18.0. The van der Waals surface area contributed by atoms with E-state index < -0.39 is 15.8 Å². The Bertz CT molecular complexity index is 1190. The average Bonchev–Trinajstić information content (AvgIpc) is 3.31. The molecule has 2 heterocycles. The summed E-state index contributed by atoms with van der Waals surface area (Å²) in [6.07, 6.45) is 5.86. The molecule has 0 saturated carbocycles. The zero-order chi connectivity index (χ0) is 22.0. The van der Waals surface area contributed by atoms with Crippen molar-refractivity contribution in [2.45, 2.75) is 17.7 Å². The molecule has 1 amide bonds. The SMILES string of the molecule is O=C(Nc1ccccc1-n1ccnc1)C1CCN(S(=O)(=O)c2ccc(F)c(Cl)c2)CC1. The van der Waals surface area contributed by atoms with Gasteiger partial charge in [0, 0.05) is 31.4 Å². The van der Waals surface area contributed by atoms with E-state index in [0.717, 1.165) is 17.8 Å². The Morgan fingerprint density at radius 1 is 1.16 bits per heavy atom. The molecule has 0 unspecified atom stereocenters. The van der Waals surface area contributed by atoms with Gasteiger partial charge < -0.3 is 9.88 Å². The fraction of sp³-hybridized carbons (Fsp3) is 0.238. The van der Waals surface area contributed by atoms with Gasteiger partial charge in [0.25, 0.3) is 0 Å². The smallest absolute Gasteiger partial charge is 0.243 e. The molecular formula is C21H20ClFN4O3S. The molecule has 0 bridgehead atoms. The Labute approximate surface area is 184 Å². The number of anilines is 1. The van der Waals surface area contributed by atoms with Gasteiger partial charge in [-0.05, 0) is 43.2 Å². The van der Waals surface area contributed by atoms with Gasteiger partial charge >= 0.3 is 0 Å². The summed E-state index contributed by atoms with van der Waals surface area (Å²) in [5, 5.41) is 2.71. The van der Waals surface area contributed by atoms with E-state index in [1.54, 1.807) is 23.3 Å². The minimum absolute atomic E-state index is 0.0592. The van der Waals surface area contributed by atoms with Crippen molar-refractivity contribution in [2.24, 2.45) is 5.92 Å². The Balaban J connectivity index is 1.42. The van der Waals surface area contributed by atoms with Gasteiger partial charge in [0.2, 0.25) is 15.9 Å². The van der Waals surface area contributed by atoms with E-state index in [1.807, 2.05) is 24.3 Å². The van der Waals surface area contributed by atoms with Crippen molar-refractivity contribution in [3.63, 3.8) is 0 Å². The maximum absolute atomic E-state index is 13.4. The van der Waals surface area contributed by atoms with Crippen LogP contribution in [0.5, 0.6) is 0 Å². The number of hydrogen-bond acceptors (Lipinski definition) is 4.